The Labute approximate surface area is 65.8 Å². The first-order valence-electron chi connectivity index (χ1n) is 3.57. The molecule has 4 heteroatoms. The van der Waals surface area contributed by atoms with Gasteiger partial charge in [-0.1, -0.05) is 0 Å². The second-order valence-corrected chi connectivity index (χ2v) is 2.23. The van der Waals surface area contributed by atoms with Crippen molar-refractivity contribution < 1.29 is 19.7 Å². The fourth-order valence-corrected chi connectivity index (χ4v) is 1.00. The lowest BCUT2D eigenvalue weighted by atomic mass is 10.2. The highest BCUT2D eigenvalue weighted by atomic mass is 16.5. The zero-order valence-electron chi connectivity index (χ0n) is 6.62. The summed E-state index contributed by atoms with van der Waals surface area (Å²) in [5.74, 6) is -0.762. The fourth-order valence-electron chi connectivity index (χ4n) is 1.00. The van der Waals surface area contributed by atoms with Gasteiger partial charge in [-0.2, -0.15) is 0 Å². The van der Waals surface area contributed by atoms with Crippen LogP contribution in [0, 0.1) is 0 Å². The summed E-state index contributed by atoms with van der Waals surface area (Å²) in [6.07, 6.45) is 2.08. The second kappa shape index (κ2) is 6.12. The van der Waals surface area contributed by atoms with Crippen LogP contribution in [0.5, 0.6) is 0 Å². The van der Waals surface area contributed by atoms with E-state index in [4.69, 9.17) is 14.9 Å². The van der Waals surface area contributed by atoms with E-state index < -0.39 is 5.97 Å². The van der Waals surface area contributed by atoms with Crippen molar-refractivity contribution in [1.82, 2.24) is 0 Å². The summed E-state index contributed by atoms with van der Waals surface area (Å²) >= 11 is 0. The number of carbonyl (C=O) groups is 1. The lowest BCUT2D eigenvalue weighted by Gasteiger charge is -2.02. The number of aliphatic hydroxyl groups excluding tert-OH is 1. The highest BCUT2D eigenvalue weighted by molar-refractivity contribution is 5.67. The first-order valence-corrected chi connectivity index (χ1v) is 3.57. The number of hydrogen-bond donors (Lipinski definition) is 2. The SMILES string of the molecule is CO.O=C(O)C[C@@H]1CCCO1. The zero-order chi connectivity index (χ0) is 8.69. The van der Waals surface area contributed by atoms with Crippen LogP contribution in [-0.2, 0) is 9.53 Å². The molecule has 66 valence electrons. The molecule has 2 N–H and O–H groups in total. The van der Waals surface area contributed by atoms with E-state index in [1.807, 2.05) is 0 Å². The van der Waals surface area contributed by atoms with Gasteiger partial charge in [-0.25, -0.2) is 0 Å². The van der Waals surface area contributed by atoms with Crippen molar-refractivity contribution in [3.8, 4) is 0 Å². The van der Waals surface area contributed by atoms with Crippen LogP contribution in [0.3, 0.4) is 0 Å². The van der Waals surface area contributed by atoms with E-state index in [9.17, 15) is 4.79 Å². The number of carboxylic acid groups (broad SMARTS) is 1. The zero-order valence-corrected chi connectivity index (χ0v) is 6.62. The van der Waals surface area contributed by atoms with E-state index in [0.29, 0.717) is 0 Å². The van der Waals surface area contributed by atoms with Gasteiger partial charge in [-0.15, -0.1) is 0 Å². The topological polar surface area (TPSA) is 66.8 Å². The van der Waals surface area contributed by atoms with Gasteiger partial charge in [0, 0.05) is 13.7 Å². The van der Waals surface area contributed by atoms with Crippen LogP contribution in [0.25, 0.3) is 0 Å². The molecule has 11 heavy (non-hydrogen) atoms. The first kappa shape index (κ1) is 10.4. The van der Waals surface area contributed by atoms with Gasteiger partial charge in [0.2, 0.25) is 0 Å². The van der Waals surface area contributed by atoms with Gasteiger partial charge in [0.15, 0.2) is 0 Å². The Morgan fingerprint density at radius 2 is 2.27 bits per heavy atom. The molecule has 0 bridgehead atoms. The molecule has 4 nitrogen and oxygen atoms in total. The number of aliphatic carboxylic acids is 1. The van der Waals surface area contributed by atoms with Crippen molar-refractivity contribution in [3.63, 3.8) is 0 Å². The molecule has 1 saturated heterocycles. The predicted octanol–water partition coefficient (Wildman–Crippen LogP) is 0.249. The average molecular weight is 162 g/mol. The minimum atomic E-state index is -0.762. The monoisotopic (exact) mass is 162 g/mol. The Morgan fingerprint density at radius 1 is 1.64 bits per heavy atom. The largest absolute Gasteiger partial charge is 0.481 e. The van der Waals surface area contributed by atoms with E-state index in [2.05, 4.69) is 0 Å². The maximum atomic E-state index is 10.1. The summed E-state index contributed by atoms with van der Waals surface area (Å²) in [6, 6.07) is 0. The van der Waals surface area contributed by atoms with Gasteiger partial charge in [0.1, 0.15) is 0 Å². The molecule has 1 atom stereocenters. The summed E-state index contributed by atoms with van der Waals surface area (Å²) in [4.78, 5) is 10.1. The minimum Gasteiger partial charge on any atom is -0.481 e. The minimum absolute atomic E-state index is 0.0116. The molecule has 0 aliphatic carbocycles. The summed E-state index contributed by atoms with van der Waals surface area (Å²) < 4.78 is 5.08. The van der Waals surface area contributed by atoms with Crippen molar-refractivity contribution in [2.75, 3.05) is 13.7 Å². The van der Waals surface area contributed by atoms with Gasteiger partial charge in [0.25, 0.3) is 0 Å². The number of hydrogen-bond acceptors (Lipinski definition) is 3. The number of aliphatic hydroxyl groups is 1. The van der Waals surface area contributed by atoms with Crippen LogP contribution < -0.4 is 0 Å². The number of rotatable bonds is 2. The van der Waals surface area contributed by atoms with Gasteiger partial charge < -0.3 is 14.9 Å². The molecule has 0 saturated carbocycles. The van der Waals surface area contributed by atoms with E-state index >= 15 is 0 Å². The summed E-state index contributed by atoms with van der Waals surface area (Å²) in [7, 11) is 1.00. The molecule has 0 unspecified atom stereocenters. The standard InChI is InChI=1S/C6H10O3.CH4O/c7-6(8)4-5-2-1-3-9-5;1-2/h5H,1-4H2,(H,7,8);2H,1H3/t5-;/m0./s1. The fraction of sp³-hybridized carbons (Fsp3) is 0.857. The third-order valence-electron chi connectivity index (χ3n) is 1.43. The smallest absolute Gasteiger partial charge is 0.305 e. The Balaban J connectivity index is 0.000000461. The molecule has 1 aliphatic rings. The summed E-state index contributed by atoms with van der Waals surface area (Å²) in [5.41, 5.74) is 0. The van der Waals surface area contributed by atoms with Crippen LogP contribution in [0.4, 0.5) is 0 Å². The van der Waals surface area contributed by atoms with Gasteiger partial charge >= 0.3 is 5.97 Å². The molecule has 1 rings (SSSR count). The third-order valence-corrected chi connectivity index (χ3v) is 1.43. The lowest BCUT2D eigenvalue weighted by molar-refractivity contribution is -0.139. The second-order valence-electron chi connectivity index (χ2n) is 2.23. The molecule has 0 amide bonds. The highest BCUT2D eigenvalue weighted by Crippen LogP contribution is 2.14. The van der Waals surface area contributed by atoms with Crippen LogP contribution >= 0.6 is 0 Å². The maximum absolute atomic E-state index is 10.1. The van der Waals surface area contributed by atoms with Gasteiger partial charge in [-0.3, -0.25) is 4.79 Å². The highest BCUT2D eigenvalue weighted by Gasteiger charge is 2.17. The lowest BCUT2D eigenvalue weighted by Crippen LogP contribution is -2.10. The van der Waals surface area contributed by atoms with Crippen LogP contribution in [-0.4, -0.2) is 36.0 Å². The normalized spacial score (nSPS) is 22.2. The van der Waals surface area contributed by atoms with Crippen molar-refractivity contribution in [3.05, 3.63) is 0 Å². The Bertz CT molecular complexity index is 107. The predicted molar refractivity (Wildman–Crippen MR) is 39.4 cm³/mol. The Kier molecular flexibility index (Phi) is 5.78. The molecule has 0 aromatic rings. The summed E-state index contributed by atoms with van der Waals surface area (Å²) in [6.45, 7) is 0.734. The van der Waals surface area contributed by atoms with Crippen LogP contribution in [0.15, 0.2) is 0 Å². The van der Waals surface area contributed by atoms with Crippen LogP contribution in [0.1, 0.15) is 19.3 Å². The maximum Gasteiger partial charge on any atom is 0.305 e. The molecule has 1 aliphatic heterocycles. The van der Waals surface area contributed by atoms with E-state index in [1.54, 1.807) is 0 Å². The number of carboxylic acids is 1. The number of ether oxygens (including phenoxy) is 1. The molecule has 1 fully saturated rings. The first-order chi connectivity index (χ1) is 5.29. The van der Waals surface area contributed by atoms with Crippen molar-refractivity contribution in [1.29, 1.82) is 0 Å². The molecule has 1 heterocycles. The Hall–Kier alpha value is -0.610. The molecule has 0 aromatic carbocycles. The molecular weight excluding hydrogens is 148 g/mol. The van der Waals surface area contributed by atoms with E-state index in [0.717, 1.165) is 26.6 Å². The van der Waals surface area contributed by atoms with E-state index in [-0.39, 0.29) is 12.5 Å². The summed E-state index contributed by atoms with van der Waals surface area (Å²) in [5, 5.41) is 15.3. The van der Waals surface area contributed by atoms with Gasteiger partial charge in [-0.05, 0) is 12.8 Å². The molecule has 0 spiro atoms. The molecular formula is C7H14O4. The van der Waals surface area contributed by atoms with Crippen molar-refractivity contribution in [2.45, 2.75) is 25.4 Å². The quantitative estimate of drug-likeness (QED) is 0.610. The van der Waals surface area contributed by atoms with E-state index in [1.165, 1.54) is 0 Å². The van der Waals surface area contributed by atoms with Crippen molar-refractivity contribution >= 4 is 5.97 Å². The molecule has 0 aromatic heterocycles. The average Bonchev–Trinajstić information content (AvgIpc) is 2.43. The van der Waals surface area contributed by atoms with Crippen LogP contribution in [0.2, 0.25) is 0 Å². The third kappa shape index (κ3) is 4.75. The van der Waals surface area contributed by atoms with Gasteiger partial charge in [0.05, 0.1) is 12.5 Å². The van der Waals surface area contributed by atoms with Crippen molar-refractivity contribution in [2.24, 2.45) is 0 Å². The Morgan fingerprint density at radius 3 is 2.64 bits per heavy atom. The molecule has 0 radical (unpaired) electrons.